The molecule has 1 aromatic rings. The number of amides is 1. The molecule has 1 atom stereocenters. The normalized spacial score (nSPS) is 16.3. The van der Waals surface area contributed by atoms with Crippen LogP contribution in [0.5, 0.6) is 0 Å². The van der Waals surface area contributed by atoms with E-state index in [1.54, 1.807) is 18.2 Å². The monoisotopic (exact) mass is 451 g/mol. The van der Waals surface area contributed by atoms with Gasteiger partial charge in [-0.1, -0.05) is 66.2 Å². The third kappa shape index (κ3) is 6.68. The number of hydrogen-bond acceptors (Lipinski definition) is 3. The summed E-state index contributed by atoms with van der Waals surface area (Å²) in [5.74, 6) is -1.43. The topological polar surface area (TPSA) is 90.5 Å². The van der Waals surface area contributed by atoms with Crippen molar-refractivity contribution in [3.8, 4) is 0 Å². The van der Waals surface area contributed by atoms with E-state index >= 15 is 0 Å². The van der Waals surface area contributed by atoms with Crippen molar-refractivity contribution >= 4 is 69.7 Å². The Morgan fingerprint density at radius 3 is 2.33 bits per heavy atom. The Labute approximate surface area is 177 Å². The number of carboxylic acids is 1. The fraction of sp³-hybridized carbons (Fsp3) is 0.471. The van der Waals surface area contributed by atoms with Gasteiger partial charge in [0.15, 0.2) is 5.11 Å². The molecule has 1 aliphatic rings. The quantitative estimate of drug-likeness (QED) is 0.306. The number of nitrogens with one attached hydrogen (secondary N) is 3. The predicted molar refractivity (Wildman–Crippen MR) is 112 cm³/mol. The van der Waals surface area contributed by atoms with E-state index in [0.717, 1.165) is 32.1 Å². The summed E-state index contributed by atoms with van der Waals surface area (Å²) in [6.45, 7) is 0. The number of halogens is 3. The van der Waals surface area contributed by atoms with Crippen molar-refractivity contribution in [2.45, 2.75) is 42.1 Å². The highest BCUT2D eigenvalue weighted by Crippen LogP contribution is 2.30. The van der Waals surface area contributed by atoms with Crippen LogP contribution in [0.3, 0.4) is 0 Å². The van der Waals surface area contributed by atoms with Crippen LogP contribution in [0.1, 0.15) is 42.5 Å². The van der Waals surface area contributed by atoms with Crippen molar-refractivity contribution in [1.29, 1.82) is 0 Å². The second-order valence-corrected chi connectivity index (χ2v) is 9.04. The second kappa shape index (κ2) is 9.78. The molecule has 1 aromatic carbocycles. The molecule has 1 saturated carbocycles. The van der Waals surface area contributed by atoms with Crippen molar-refractivity contribution in [1.82, 2.24) is 10.6 Å². The molecule has 0 saturated heterocycles. The largest absolute Gasteiger partial charge is 0.478 e. The molecular weight excluding hydrogens is 433 g/mol. The third-order valence-electron chi connectivity index (χ3n) is 4.27. The molecule has 0 aromatic heterocycles. The minimum absolute atomic E-state index is 0.0176. The van der Waals surface area contributed by atoms with Crippen LogP contribution in [0.15, 0.2) is 24.3 Å². The first-order valence-electron chi connectivity index (χ1n) is 8.45. The minimum Gasteiger partial charge on any atom is -0.478 e. The minimum atomic E-state index is -1.86. The molecule has 0 bridgehead atoms. The molecule has 0 radical (unpaired) electrons. The van der Waals surface area contributed by atoms with Crippen LogP contribution in [0, 0.1) is 5.92 Å². The molecular formula is C17H20Cl3N3O3S. The number of benzene rings is 1. The van der Waals surface area contributed by atoms with Gasteiger partial charge in [0.25, 0.3) is 0 Å². The van der Waals surface area contributed by atoms with Gasteiger partial charge in [0, 0.05) is 5.92 Å². The van der Waals surface area contributed by atoms with Crippen LogP contribution in [-0.2, 0) is 4.79 Å². The molecule has 0 aliphatic heterocycles. The highest BCUT2D eigenvalue weighted by atomic mass is 35.6. The average Bonchev–Trinajstić information content (AvgIpc) is 2.61. The number of aromatic carboxylic acids is 1. The Morgan fingerprint density at radius 1 is 1.11 bits per heavy atom. The molecule has 1 unspecified atom stereocenters. The Bertz CT molecular complexity index is 706. The van der Waals surface area contributed by atoms with Gasteiger partial charge in [0.05, 0.1) is 11.3 Å². The number of hydrogen-bond donors (Lipinski definition) is 4. The molecule has 1 fully saturated rings. The van der Waals surface area contributed by atoms with Crippen LogP contribution in [0.25, 0.3) is 0 Å². The van der Waals surface area contributed by atoms with E-state index < -0.39 is 15.9 Å². The average molecular weight is 453 g/mol. The standard InChI is InChI=1S/C17H20Cl3N3O3S/c18-17(19,20)15(22-13(24)10-6-2-1-3-7-10)23-16(27)21-12-9-5-4-8-11(12)14(25)26/h4-5,8-10,15H,1-3,6-7H2,(H,22,24)(H,25,26)(H2,21,23,27). The number of carboxylic acid groups (broad SMARTS) is 1. The van der Waals surface area contributed by atoms with Crippen molar-refractivity contribution in [3.63, 3.8) is 0 Å². The SMILES string of the molecule is O=C(O)c1ccccc1NC(=S)NC(NC(=O)C1CCCCC1)C(Cl)(Cl)Cl. The number of rotatable bonds is 5. The smallest absolute Gasteiger partial charge is 0.337 e. The first-order chi connectivity index (χ1) is 12.7. The molecule has 1 aliphatic carbocycles. The van der Waals surface area contributed by atoms with Gasteiger partial charge in [-0.05, 0) is 37.2 Å². The van der Waals surface area contributed by atoms with E-state index in [9.17, 15) is 14.7 Å². The molecule has 0 spiro atoms. The maximum atomic E-state index is 12.5. The summed E-state index contributed by atoms with van der Waals surface area (Å²) < 4.78 is -1.86. The lowest BCUT2D eigenvalue weighted by atomic mass is 9.88. The van der Waals surface area contributed by atoms with Crippen molar-refractivity contribution in [3.05, 3.63) is 29.8 Å². The van der Waals surface area contributed by atoms with Gasteiger partial charge in [-0.15, -0.1) is 0 Å². The van der Waals surface area contributed by atoms with E-state index in [0.29, 0.717) is 0 Å². The highest BCUT2D eigenvalue weighted by Gasteiger charge is 2.36. The van der Waals surface area contributed by atoms with Crippen LogP contribution < -0.4 is 16.0 Å². The molecule has 10 heteroatoms. The van der Waals surface area contributed by atoms with E-state index in [1.165, 1.54) is 6.07 Å². The lowest BCUT2D eigenvalue weighted by molar-refractivity contribution is -0.126. The highest BCUT2D eigenvalue weighted by molar-refractivity contribution is 7.80. The fourth-order valence-corrected chi connectivity index (χ4v) is 3.45. The summed E-state index contributed by atoms with van der Waals surface area (Å²) in [4.78, 5) is 23.8. The zero-order valence-corrected chi connectivity index (χ0v) is 17.4. The Balaban J connectivity index is 2.04. The van der Waals surface area contributed by atoms with E-state index in [-0.39, 0.29) is 28.2 Å². The van der Waals surface area contributed by atoms with Gasteiger partial charge in [0.1, 0.15) is 6.17 Å². The fourth-order valence-electron chi connectivity index (χ4n) is 2.89. The van der Waals surface area contributed by atoms with Crippen LogP contribution >= 0.6 is 47.0 Å². The number of thiocarbonyl (C=S) groups is 1. The molecule has 27 heavy (non-hydrogen) atoms. The second-order valence-electron chi connectivity index (χ2n) is 6.27. The first-order valence-corrected chi connectivity index (χ1v) is 9.99. The summed E-state index contributed by atoms with van der Waals surface area (Å²) >= 11 is 23.1. The number of para-hydroxylation sites is 1. The molecule has 1 amide bonds. The number of carbonyl (C=O) groups excluding carboxylic acids is 1. The van der Waals surface area contributed by atoms with Gasteiger partial charge in [-0.3, -0.25) is 4.79 Å². The van der Waals surface area contributed by atoms with Crippen LogP contribution in [0.2, 0.25) is 0 Å². The maximum absolute atomic E-state index is 12.5. The van der Waals surface area contributed by atoms with Crippen molar-refractivity contribution in [2.75, 3.05) is 5.32 Å². The molecule has 2 rings (SSSR count). The van der Waals surface area contributed by atoms with Crippen molar-refractivity contribution in [2.24, 2.45) is 5.92 Å². The molecule has 148 valence electrons. The lowest BCUT2D eigenvalue weighted by Crippen LogP contribution is -2.57. The first kappa shape index (κ1) is 22.0. The van der Waals surface area contributed by atoms with Crippen molar-refractivity contribution < 1.29 is 14.7 Å². The van der Waals surface area contributed by atoms with E-state index in [1.807, 2.05) is 0 Å². The van der Waals surface area contributed by atoms with Crippen LogP contribution in [-0.4, -0.2) is 32.1 Å². The summed E-state index contributed by atoms with van der Waals surface area (Å²) in [5.41, 5.74) is 0.322. The number of anilines is 1. The Kier molecular flexibility index (Phi) is 7.97. The summed E-state index contributed by atoms with van der Waals surface area (Å²) in [5, 5.41) is 17.4. The summed E-state index contributed by atoms with van der Waals surface area (Å²) in [6, 6.07) is 6.25. The summed E-state index contributed by atoms with van der Waals surface area (Å²) in [6.07, 6.45) is 3.63. The maximum Gasteiger partial charge on any atom is 0.337 e. The zero-order valence-electron chi connectivity index (χ0n) is 14.3. The van der Waals surface area contributed by atoms with Gasteiger partial charge < -0.3 is 21.1 Å². The Morgan fingerprint density at radius 2 is 1.74 bits per heavy atom. The number of alkyl halides is 3. The van der Waals surface area contributed by atoms with Gasteiger partial charge in [-0.25, -0.2) is 4.79 Å². The van der Waals surface area contributed by atoms with E-state index in [4.69, 9.17) is 47.0 Å². The zero-order chi connectivity index (χ0) is 20.0. The molecule has 6 nitrogen and oxygen atoms in total. The summed E-state index contributed by atoms with van der Waals surface area (Å²) in [7, 11) is 0. The van der Waals surface area contributed by atoms with Crippen LogP contribution in [0.4, 0.5) is 5.69 Å². The van der Waals surface area contributed by atoms with Gasteiger partial charge >= 0.3 is 5.97 Å². The Hall–Kier alpha value is -1.28. The van der Waals surface area contributed by atoms with Gasteiger partial charge in [0.2, 0.25) is 9.70 Å². The lowest BCUT2D eigenvalue weighted by Gasteiger charge is -2.30. The van der Waals surface area contributed by atoms with E-state index in [2.05, 4.69) is 16.0 Å². The van der Waals surface area contributed by atoms with Gasteiger partial charge in [-0.2, -0.15) is 0 Å². The number of carbonyl (C=O) groups is 2. The molecule has 4 N–H and O–H groups in total. The third-order valence-corrected chi connectivity index (χ3v) is 5.15. The predicted octanol–water partition coefficient (Wildman–Crippen LogP) is 4.06. The molecule has 0 heterocycles.